The fourth-order valence-electron chi connectivity index (χ4n) is 3.24. The van der Waals surface area contributed by atoms with E-state index in [2.05, 4.69) is 41.4 Å². The molecule has 0 heterocycles. The molecule has 0 saturated heterocycles. The molecule has 1 aliphatic carbocycles. The number of benzene rings is 1. The van der Waals surface area contributed by atoms with Crippen molar-refractivity contribution in [3.05, 3.63) is 35.4 Å². The molecule has 2 rings (SSSR count). The van der Waals surface area contributed by atoms with Crippen LogP contribution >= 0.6 is 0 Å². The van der Waals surface area contributed by atoms with Gasteiger partial charge in [-0.1, -0.05) is 31.2 Å². The summed E-state index contributed by atoms with van der Waals surface area (Å²) in [6, 6.07) is 9.67. The van der Waals surface area contributed by atoms with Crippen LogP contribution in [0.15, 0.2) is 24.3 Å². The van der Waals surface area contributed by atoms with Gasteiger partial charge in [0, 0.05) is 39.4 Å². The van der Waals surface area contributed by atoms with E-state index in [-0.39, 0.29) is 0 Å². The van der Waals surface area contributed by atoms with Crippen LogP contribution in [0.3, 0.4) is 0 Å². The fraction of sp³-hybridized carbons (Fsp3) is 0.647. The van der Waals surface area contributed by atoms with Crippen molar-refractivity contribution in [2.24, 2.45) is 0 Å². The summed E-state index contributed by atoms with van der Waals surface area (Å²) in [5.74, 6) is 0. The van der Waals surface area contributed by atoms with Gasteiger partial charge in [-0.15, -0.1) is 0 Å². The van der Waals surface area contributed by atoms with E-state index in [9.17, 15) is 0 Å². The number of likely N-dealkylation sites (N-methyl/N-ethyl adjacent to an activating group) is 1. The van der Waals surface area contributed by atoms with Crippen LogP contribution in [0.1, 0.15) is 24.1 Å². The molecule has 118 valence electrons. The lowest BCUT2D eigenvalue weighted by Gasteiger charge is -2.33. The third-order valence-electron chi connectivity index (χ3n) is 4.26. The van der Waals surface area contributed by atoms with E-state index in [0.717, 1.165) is 39.3 Å². The Labute approximate surface area is 128 Å². The fourth-order valence-corrected chi connectivity index (χ4v) is 3.24. The molecular weight excluding hydrogens is 264 g/mol. The van der Waals surface area contributed by atoms with Crippen LogP contribution in [0.4, 0.5) is 0 Å². The van der Waals surface area contributed by atoms with E-state index in [1.165, 1.54) is 11.1 Å². The Morgan fingerprint density at radius 2 is 1.81 bits per heavy atom. The molecule has 0 aromatic heterocycles. The predicted molar refractivity (Wildman–Crippen MR) is 85.7 cm³/mol. The first-order valence-electron chi connectivity index (χ1n) is 7.84. The highest BCUT2D eigenvalue weighted by Crippen LogP contribution is 2.34. The molecule has 0 bridgehead atoms. The number of hydrogen-bond donors (Lipinski definition) is 1. The van der Waals surface area contributed by atoms with Crippen molar-refractivity contribution in [2.75, 3.05) is 47.1 Å². The molecule has 0 fully saturated rings. The third-order valence-corrected chi connectivity index (χ3v) is 4.26. The number of ether oxygens (including phenoxy) is 2. The second-order valence-electron chi connectivity index (χ2n) is 5.53. The topological polar surface area (TPSA) is 33.7 Å². The smallest absolute Gasteiger partial charge is 0.0589 e. The Morgan fingerprint density at radius 1 is 1.14 bits per heavy atom. The Kier molecular flexibility index (Phi) is 6.64. The first-order valence-corrected chi connectivity index (χ1v) is 7.84. The van der Waals surface area contributed by atoms with Gasteiger partial charge in [-0.25, -0.2) is 0 Å². The SMILES string of the molecule is CCNC1c2ccccc2CC1N(CCOC)CCOC. The number of rotatable bonds is 9. The maximum atomic E-state index is 5.28. The maximum Gasteiger partial charge on any atom is 0.0589 e. The average Bonchev–Trinajstić information content (AvgIpc) is 2.87. The first-order chi connectivity index (χ1) is 10.3. The van der Waals surface area contributed by atoms with Crippen molar-refractivity contribution in [3.8, 4) is 0 Å². The number of hydrogen-bond acceptors (Lipinski definition) is 4. The van der Waals surface area contributed by atoms with Gasteiger partial charge in [0.1, 0.15) is 0 Å². The summed E-state index contributed by atoms with van der Waals surface area (Å²) < 4.78 is 10.6. The lowest BCUT2D eigenvalue weighted by atomic mass is 10.1. The Balaban J connectivity index is 2.14. The van der Waals surface area contributed by atoms with Gasteiger partial charge in [-0.2, -0.15) is 0 Å². The minimum Gasteiger partial charge on any atom is -0.383 e. The molecule has 1 aliphatic rings. The predicted octanol–water partition coefficient (Wildman–Crippen LogP) is 1.86. The summed E-state index contributed by atoms with van der Waals surface area (Å²) in [6.07, 6.45) is 1.10. The first kappa shape index (κ1) is 16.4. The molecule has 4 heteroatoms. The van der Waals surface area contributed by atoms with Gasteiger partial charge >= 0.3 is 0 Å². The molecule has 0 amide bonds. The average molecular weight is 292 g/mol. The molecule has 1 N–H and O–H groups in total. The van der Waals surface area contributed by atoms with E-state index >= 15 is 0 Å². The zero-order chi connectivity index (χ0) is 15.1. The van der Waals surface area contributed by atoms with Gasteiger partial charge in [-0.05, 0) is 24.1 Å². The summed E-state index contributed by atoms with van der Waals surface area (Å²) in [6.45, 7) is 6.57. The summed E-state index contributed by atoms with van der Waals surface area (Å²) in [5.41, 5.74) is 2.91. The van der Waals surface area contributed by atoms with Crippen LogP contribution in [0, 0.1) is 0 Å². The highest BCUT2D eigenvalue weighted by atomic mass is 16.5. The van der Waals surface area contributed by atoms with E-state index in [0.29, 0.717) is 12.1 Å². The lowest BCUT2D eigenvalue weighted by molar-refractivity contribution is 0.0777. The van der Waals surface area contributed by atoms with E-state index in [1.54, 1.807) is 14.2 Å². The van der Waals surface area contributed by atoms with Crippen LogP contribution in [0.5, 0.6) is 0 Å². The van der Waals surface area contributed by atoms with Crippen LogP contribution in [-0.2, 0) is 15.9 Å². The van der Waals surface area contributed by atoms with Gasteiger partial charge in [0.2, 0.25) is 0 Å². The zero-order valence-electron chi connectivity index (χ0n) is 13.5. The van der Waals surface area contributed by atoms with E-state index in [4.69, 9.17) is 9.47 Å². The van der Waals surface area contributed by atoms with Gasteiger partial charge in [-0.3, -0.25) is 4.90 Å². The Morgan fingerprint density at radius 3 is 2.43 bits per heavy atom. The Hall–Kier alpha value is -0.940. The number of nitrogens with one attached hydrogen (secondary N) is 1. The largest absolute Gasteiger partial charge is 0.383 e. The molecule has 2 atom stereocenters. The van der Waals surface area contributed by atoms with Crippen LogP contribution in [0.25, 0.3) is 0 Å². The highest BCUT2D eigenvalue weighted by molar-refractivity contribution is 5.37. The van der Waals surface area contributed by atoms with Crippen molar-refractivity contribution in [1.82, 2.24) is 10.2 Å². The van der Waals surface area contributed by atoms with Crippen molar-refractivity contribution < 1.29 is 9.47 Å². The summed E-state index contributed by atoms with van der Waals surface area (Å²) in [4.78, 5) is 2.50. The monoisotopic (exact) mass is 292 g/mol. The van der Waals surface area contributed by atoms with Crippen molar-refractivity contribution in [1.29, 1.82) is 0 Å². The van der Waals surface area contributed by atoms with Crippen molar-refractivity contribution in [3.63, 3.8) is 0 Å². The molecule has 2 unspecified atom stereocenters. The summed E-state index contributed by atoms with van der Waals surface area (Å²) in [5, 5.41) is 3.66. The number of fused-ring (bicyclic) bond motifs is 1. The number of nitrogens with zero attached hydrogens (tertiary/aromatic N) is 1. The second kappa shape index (κ2) is 8.49. The molecule has 0 spiro atoms. The lowest BCUT2D eigenvalue weighted by Crippen LogP contribution is -2.45. The number of methoxy groups -OCH3 is 2. The maximum absolute atomic E-state index is 5.28. The molecule has 1 aromatic rings. The minimum absolute atomic E-state index is 0.403. The molecule has 21 heavy (non-hydrogen) atoms. The molecule has 1 aromatic carbocycles. The van der Waals surface area contributed by atoms with Gasteiger partial charge in [0.05, 0.1) is 13.2 Å². The Bertz CT molecular complexity index is 417. The normalized spacial score (nSPS) is 21.0. The highest BCUT2D eigenvalue weighted by Gasteiger charge is 2.35. The quantitative estimate of drug-likeness (QED) is 0.753. The molecule has 0 saturated carbocycles. The third kappa shape index (κ3) is 4.04. The van der Waals surface area contributed by atoms with E-state index in [1.807, 2.05) is 0 Å². The van der Waals surface area contributed by atoms with E-state index < -0.39 is 0 Å². The van der Waals surface area contributed by atoms with Crippen LogP contribution in [0.2, 0.25) is 0 Å². The summed E-state index contributed by atoms with van der Waals surface area (Å²) >= 11 is 0. The summed E-state index contributed by atoms with van der Waals surface area (Å²) in [7, 11) is 3.53. The standard InChI is InChI=1S/C17H28N2O2/c1-4-18-17-15-8-6-5-7-14(15)13-16(17)19(9-11-20-2)10-12-21-3/h5-8,16-18H,4,9-13H2,1-3H3. The molecule has 0 aliphatic heterocycles. The van der Waals surface area contributed by atoms with Crippen LogP contribution in [-0.4, -0.2) is 58.0 Å². The van der Waals surface area contributed by atoms with Crippen molar-refractivity contribution in [2.45, 2.75) is 25.4 Å². The second-order valence-corrected chi connectivity index (χ2v) is 5.53. The van der Waals surface area contributed by atoms with Crippen LogP contribution < -0.4 is 5.32 Å². The van der Waals surface area contributed by atoms with Gasteiger partial charge in [0.25, 0.3) is 0 Å². The molecular formula is C17H28N2O2. The zero-order valence-corrected chi connectivity index (χ0v) is 13.5. The van der Waals surface area contributed by atoms with Crippen molar-refractivity contribution >= 4 is 0 Å². The van der Waals surface area contributed by atoms with Gasteiger partial charge < -0.3 is 14.8 Å². The molecule has 4 nitrogen and oxygen atoms in total. The minimum atomic E-state index is 0.403. The molecule has 0 radical (unpaired) electrons. The van der Waals surface area contributed by atoms with Gasteiger partial charge in [0.15, 0.2) is 0 Å².